The van der Waals surface area contributed by atoms with Crippen molar-refractivity contribution in [2.24, 2.45) is 10.2 Å². The molecule has 1 fully saturated rings. The van der Waals surface area contributed by atoms with Gasteiger partial charge in [-0.15, -0.1) is 5.11 Å². The summed E-state index contributed by atoms with van der Waals surface area (Å²) in [5, 5.41) is 18.9. The smallest absolute Gasteiger partial charge is 0.221 e. The molecule has 3 aromatic rings. The second-order valence-corrected chi connectivity index (χ2v) is 6.63. The number of nitrogens with zero attached hydrogens (tertiary/aromatic N) is 3. The lowest BCUT2D eigenvalue weighted by Crippen LogP contribution is -2.22. The van der Waals surface area contributed by atoms with Gasteiger partial charge in [-0.25, -0.2) is 8.78 Å². The minimum Gasteiger partial charge on any atom is -0.493 e. The highest BCUT2D eigenvalue weighted by Crippen LogP contribution is 2.45. The summed E-state index contributed by atoms with van der Waals surface area (Å²) in [6.45, 7) is 0. The van der Waals surface area contributed by atoms with Crippen molar-refractivity contribution >= 4 is 34.0 Å². The van der Waals surface area contributed by atoms with Gasteiger partial charge in [0.15, 0.2) is 11.5 Å². The van der Waals surface area contributed by atoms with Crippen molar-refractivity contribution in [2.45, 2.75) is 6.04 Å². The number of hydrogen-bond acceptors (Lipinski definition) is 4. The highest BCUT2D eigenvalue weighted by atomic mass is 32.2. The summed E-state index contributed by atoms with van der Waals surface area (Å²) in [4.78, 5) is 0. The minimum atomic E-state index is -0.712. The van der Waals surface area contributed by atoms with Crippen LogP contribution in [-0.4, -0.2) is 21.2 Å². The summed E-state index contributed by atoms with van der Waals surface area (Å²) in [7, 11) is 0. The molecule has 1 aliphatic rings. The van der Waals surface area contributed by atoms with Crippen LogP contribution in [0.4, 0.5) is 20.2 Å². The molecule has 0 atom stereocenters. The molecule has 1 aromatic heterocycles. The number of azo groups is 1. The summed E-state index contributed by atoms with van der Waals surface area (Å²) in [6, 6.07) is 10.9. The lowest BCUT2D eigenvalue weighted by Gasteiger charge is -2.27. The Kier molecular flexibility index (Phi) is 3.72. The molecule has 4 nitrogen and oxygen atoms in total. The van der Waals surface area contributed by atoms with Gasteiger partial charge in [-0.05, 0) is 18.2 Å². The van der Waals surface area contributed by atoms with Crippen LogP contribution in [-0.2, 0) is 0 Å². The second-order valence-electron chi connectivity index (χ2n) is 5.55. The van der Waals surface area contributed by atoms with E-state index in [-0.39, 0.29) is 28.5 Å². The molecule has 2 heterocycles. The molecule has 122 valence electrons. The Hall–Kier alpha value is -2.41. The molecule has 0 spiro atoms. The van der Waals surface area contributed by atoms with Crippen molar-refractivity contribution < 1.29 is 13.9 Å². The fourth-order valence-electron chi connectivity index (χ4n) is 2.76. The number of aromatic hydroxyl groups is 1. The van der Waals surface area contributed by atoms with Gasteiger partial charge in [0.05, 0.1) is 17.2 Å². The van der Waals surface area contributed by atoms with Crippen molar-refractivity contribution in [2.75, 3.05) is 11.5 Å². The number of aromatic nitrogens is 1. The lowest BCUT2D eigenvalue weighted by molar-refractivity contribution is 0.404. The summed E-state index contributed by atoms with van der Waals surface area (Å²) >= 11 is 1.70. The van der Waals surface area contributed by atoms with Crippen molar-refractivity contribution in [3.63, 3.8) is 0 Å². The predicted molar refractivity (Wildman–Crippen MR) is 90.5 cm³/mol. The molecule has 0 radical (unpaired) electrons. The van der Waals surface area contributed by atoms with Crippen LogP contribution in [0.15, 0.2) is 52.7 Å². The van der Waals surface area contributed by atoms with Crippen LogP contribution in [0.25, 0.3) is 10.9 Å². The molecule has 24 heavy (non-hydrogen) atoms. The number of fused-ring (bicyclic) bond motifs is 1. The van der Waals surface area contributed by atoms with Crippen molar-refractivity contribution in [3.05, 3.63) is 54.1 Å². The maximum Gasteiger partial charge on any atom is 0.221 e. The standard InChI is InChI=1S/C17H13F2N3OS/c18-10-6-13-15(21-20-11-4-2-1-3-5-11)17(23)22(12-8-24-9-12)16(13)14(19)7-10/h1-7,12,23H,8-9H2. The van der Waals surface area contributed by atoms with Crippen molar-refractivity contribution in [1.82, 2.24) is 4.57 Å². The van der Waals surface area contributed by atoms with E-state index in [2.05, 4.69) is 10.2 Å². The monoisotopic (exact) mass is 345 g/mol. The molecule has 0 amide bonds. The molecule has 1 N–H and O–H groups in total. The van der Waals surface area contributed by atoms with E-state index < -0.39 is 11.6 Å². The molecular weight excluding hydrogens is 332 g/mol. The average Bonchev–Trinajstić information content (AvgIpc) is 2.77. The van der Waals surface area contributed by atoms with E-state index >= 15 is 0 Å². The first-order chi connectivity index (χ1) is 11.6. The predicted octanol–water partition coefficient (Wildman–Crippen LogP) is 5.33. The Labute approximate surface area is 140 Å². The summed E-state index contributed by atoms with van der Waals surface area (Å²) in [6.07, 6.45) is 0. The molecular formula is C17H13F2N3OS. The summed E-state index contributed by atoms with van der Waals surface area (Å²) in [5.41, 5.74) is 0.847. The molecule has 4 rings (SSSR count). The third-order valence-electron chi connectivity index (χ3n) is 3.97. The Bertz CT molecular complexity index is 936. The normalized spacial score (nSPS) is 15.2. The highest BCUT2D eigenvalue weighted by molar-refractivity contribution is 8.00. The quantitative estimate of drug-likeness (QED) is 0.652. The van der Waals surface area contributed by atoms with E-state index in [0.29, 0.717) is 5.69 Å². The third-order valence-corrected chi connectivity index (χ3v) is 5.21. The van der Waals surface area contributed by atoms with Crippen LogP contribution >= 0.6 is 11.8 Å². The average molecular weight is 345 g/mol. The molecule has 7 heteroatoms. The lowest BCUT2D eigenvalue weighted by atomic mass is 10.2. The molecule has 0 bridgehead atoms. The van der Waals surface area contributed by atoms with Crippen LogP contribution in [0.5, 0.6) is 5.88 Å². The van der Waals surface area contributed by atoms with E-state index in [1.807, 2.05) is 18.2 Å². The van der Waals surface area contributed by atoms with Crippen LogP contribution in [0, 0.1) is 11.6 Å². The first kappa shape index (κ1) is 15.1. The molecule has 0 unspecified atom stereocenters. The fourth-order valence-corrected chi connectivity index (χ4v) is 3.51. The first-order valence-electron chi connectivity index (χ1n) is 7.41. The molecule has 0 aliphatic carbocycles. The zero-order valence-corrected chi connectivity index (χ0v) is 13.3. The number of hydrogen-bond donors (Lipinski definition) is 1. The van der Waals surface area contributed by atoms with Crippen molar-refractivity contribution in [3.8, 4) is 5.88 Å². The second kappa shape index (κ2) is 5.90. The van der Waals surface area contributed by atoms with Gasteiger partial charge >= 0.3 is 0 Å². The van der Waals surface area contributed by atoms with Crippen LogP contribution < -0.4 is 0 Å². The first-order valence-corrected chi connectivity index (χ1v) is 8.57. The zero-order valence-electron chi connectivity index (χ0n) is 12.5. The van der Waals surface area contributed by atoms with Crippen molar-refractivity contribution in [1.29, 1.82) is 0 Å². The SMILES string of the molecule is Oc1c(N=Nc2ccccc2)c2cc(F)cc(F)c2n1C1CSC1. The Morgan fingerprint density at radius 1 is 1.08 bits per heavy atom. The van der Waals surface area contributed by atoms with Gasteiger partial charge < -0.3 is 9.67 Å². The van der Waals surface area contributed by atoms with E-state index in [1.54, 1.807) is 23.9 Å². The zero-order chi connectivity index (χ0) is 16.7. The number of thioether (sulfide) groups is 1. The molecule has 0 saturated carbocycles. The third kappa shape index (κ3) is 2.45. The van der Waals surface area contributed by atoms with Gasteiger partial charge in [0.1, 0.15) is 5.82 Å². The number of benzene rings is 2. The summed E-state index contributed by atoms with van der Waals surface area (Å²) in [5.74, 6) is -0.0681. The maximum absolute atomic E-state index is 14.3. The molecule has 1 aliphatic heterocycles. The van der Waals surface area contributed by atoms with E-state index in [0.717, 1.165) is 17.6 Å². The summed E-state index contributed by atoms with van der Waals surface area (Å²) < 4.78 is 29.5. The van der Waals surface area contributed by atoms with Gasteiger partial charge in [-0.1, -0.05) is 18.2 Å². The largest absolute Gasteiger partial charge is 0.493 e. The van der Waals surface area contributed by atoms with Gasteiger partial charge in [-0.3, -0.25) is 0 Å². The maximum atomic E-state index is 14.3. The highest BCUT2D eigenvalue weighted by Gasteiger charge is 2.29. The van der Waals surface area contributed by atoms with Gasteiger partial charge in [0.2, 0.25) is 5.88 Å². The van der Waals surface area contributed by atoms with E-state index in [9.17, 15) is 13.9 Å². The van der Waals surface area contributed by atoms with Crippen LogP contribution in [0.1, 0.15) is 6.04 Å². The Morgan fingerprint density at radius 2 is 1.83 bits per heavy atom. The van der Waals surface area contributed by atoms with E-state index in [4.69, 9.17) is 0 Å². The fraction of sp³-hybridized carbons (Fsp3) is 0.176. The Balaban J connectivity index is 1.91. The van der Waals surface area contributed by atoms with Gasteiger partial charge in [-0.2, -0.15) is 16.9 Å². The Morgan fingerprint density at radius 3 is 2.50 bits per heavy atom. The van der Waals surface area contributed by atoms with Gasteiger partial charge in [0.25, 0.3) is 0 Å². The molecule has 1 saturated heterocycles. The van der Waals surface area contributed by atoms with Gasteiger partial charge in [0, 0.05) is 23.0 Å². The van der Waals surface area contributed by atoms with Crippen LogP contribution in [0.3, 0.4) is 0 Å². The van der Waals surface area contributed by atoms with E-state index in [1.165, 1.54) is 10.6 Å². The number of halogens is 2. The number of rotatable bonds is 3. The molecule has 2 aromatic carbocycles. The van der Waals surface area contributed by atoms with Crippen LogP contribution in [0.2, 0.25) is 0 Å². The topological polar surface area (TPSA) is 49.9 Å². The minimum absolute atomic E-state index is 0.0295.